The van der Waals surface area contributed by atoms with E-state index in [2.05, 4.69) is 0 Å². The molecule has 2 aliphatic heterocycles. The van der Waals surface area contributed by atoms with Gasteiger partial charge in [-0.05, 0) is 50.3 Å². The molecule has 1 atom stereocenters. The molecule has 7 nitrogen and oxygen atoms in total. The maximum Gasteiger partial charge on any atom is 0.309 e. The van der Waals surface area contributed by atoms with E-state index in [1.165, 1.54) is 0 Å². The molecule has 0 bridgehead atoms. The van der Waals surface area contributed by atoms with E-state index in [9.17, 15) is 19.2 Å². The number of hydrogen-bond donors (Lipinski definition) is 0. The van der Waals surface area contributed by atoms with Gasteiger partial charge >= 0.3 is 5.97 Å². The molecule has 0 unspecified atom stereocenters. The maximum atomic E-state index is 13.3. The number of fused-ring (bicyclic) bond motifs is 1. The van der Waals surface area contributed by atoms with Crippen molar-refractivity contribution in [1.29, 1.82) is 0 Å². The maximum absolute atomic E-state index is 13.3. The minimum Gasteiger partial charge on any atom is -0.466 e. The van der Waals surface area contributed by atoms with Crippen molar-refractivity contribution in [3.05, 3.63) is 35.4 Å². The second kappa shape index (κ2) is 9.43. The molecule has 0 aromatic heterocycles. The Balaban J connectivity index is 1.75. The molecule has 1 saturated heterocycles. The van der Waals surface area contributed by atoms with Crippen LogP contribution in [-0.2, 0) is 14.3 Å². The lowest BCUT2D eigenvalue weighted by molar-refractivity contribution is -0.151. The molecule has 0 radical (unpaired) electrons. The van der Waals surface area contributed by atoms with E-state index < -0.39 is 17.9 Å². The highest BCUT2D eigenvalue weighted by molar-refractivity contribution is 7.98. The van der Waals surface area contributed by atoms with Crippen molar-refractivity contribution in [2.45, 2.75) is 32.2 Å². The number of esters is 1. The summed E-state index contributed by atoms with van der Waals surface area (Å²) in [4.78, 5) is 53.8. The molecule has 0 aliphatic carbocycles. The molecule has 1 fully saturated rings. The predicted molar refractivity (Wildman–Crippen MR) is 110 cm³/mol. The number of amides is 3. The van der Waals surface area contributed by atoms with Crippen LogP contribution in [0.5, 0.6) is 0 Å². The summed E-state index contributed by atoms with van der Waals surface area (Å²) in [6.07, 6.45) is 3.39. The van der Waals surface area contributed by atoms with Crippen molar-refractivity contribution >= 4 is 35.5 Å². The summed E-state index contributed by atoms with van der Waals surface area (Å²) in [5.74, 6) is -0.820. The largest absolute Gasteiger partial charge is 0.466 e. The fourth-order valence-electron chi connectivity index (χ4n) is 3.89. The number of ether oxygens (including phenoxy) is 1. The van der Waals surface area contributed by atoms with Gasteiger partial charge in [0.15, 0.2) is 0 Å². The second-order valence-corrected chi connectivity index (χ2v) is 8.16. The Morgan fingerprint density at radius 2 is 1.72 bits per heavy atom. The number of thioether (sulfide) groups is 1. The lowest BCUT2D eigenvalue weighted by Crippen LogP contribution is -2.53. The van der Waals surface area contributed by atoms with Crippen LogP contribution >= 0.6 is 11.8 Å². The minimum absolute atomic E-state index is 0.206. The lowest BCUT2D eigenvalue weighted by atomic mass is 9.96. The van der Waals surface area contributed by atoms with E-state index in [1.807, 2.05) is 6.26 Å². The lowest BCUT2D eigenvalue weighted by Gasteiger charge is -2.35. The summed E-state index contributed by atoms with van der Waals surface area (Å²) in [6, 6.07) is 5.85. The third-order valence-corrected chi connectivity index (χ3v) is 6.09. The standard InChI is InChI=1S/C21H26N2O5S/c1-3-28-21(27)14-8-11-22(12-9-14)20(26)17(10-13-29-2)23-18(24)15-6-4-5-7-16(15)19(23)25/h4-7,14,17H,3,8-13H2,1-2H3/t17-/m1/s1. The van der Waals surface area contributed by atoms with Crippen LogP contribution in [0.25, 0.3) is 0 Å². The molecule has 8 heteroatoms. The van der Waals surface area contributed by atoms with Crippen LogP contribution in [0.3, 0.4) is 0 Å². The highest BCUT2D eigenvalue weighted by Crippen LogP contribution is 2.28. The molecular weight excluding hydrogens is 392 g/mol. The molecule has 3 amide bonds. The van der Waals surface area contributed by atoms with Crippen LogP contribution in [0.15, 0.2) is 24.3 Å². The average Bonchev–Trinajstić information content (AvgIpc) is 2.99. The second-order valence-electron chi connectivity index (χ2n) is 7.17. The number of imide groups is 1. The zero-order valence-corrected chi connectivity index (χ0v) is 17.6. The van der Waals surface area contributed by atoms with Crippen molar-refractivity contribution in [3.8, 4) is 0 Å². The predicted octanol–water partition coefficient (Wildman–Crippen LogP) is 2.21. The van der Waals surface area contributed by atoms with Gasteiger partial charge in [0.25, 0.3) is 11.8 Å². The molecule has 2 heterocycles. The van der Waals surface area contributed by atoms with E-state index in [4.69, 9.17) is 4.74 Å². The fraction of sp³-hybridized carbons (Fsp3) is 0.524. The summed E-state index contributed by atoms with van der Waals surface area (Å²) >= 11 is 1.57. The van der Waals surface area contributed by atoms with Crippen LogP contribution in [0.4, 0.5) is 0 Å². The van der Waals surface area contributed by atoms with E-state index in [-0.39, 0.29) is 17.8 Å². The Labute approximate surface area is 174 Å². The quantitative estimate of drug-likeness (QED) is 0.499. The van der Waals surface area contributed by atoms with Crippen LogP contribution in [-0.4, -0.2) is 71.2 Å². The normalized spacial score (nSPS) is 18.0. The van der Waals surface area contributed by atoms with Gasteiger partial charge in [0, 0.05) is 13.1 Å². The molecule has 0 N–H and O–H groups in total. The van der Waals surface area contributed by atoms with E-state index in [0.29, 0.717) is 55.8 Å². The van der Waals surface area contributed by atoms with Crippen LogP contribution in [0.1, 0.15) is 46.9 Å². The average molecular weight is 419 g/mol. The monoisotopic (exact) mass is 418 g/mol. The van der Waals surface area contributed by atoms with Gasteiger partial charge in [-0.2, -0.15) is 11.8 Å². The molecule has 2 aliphatic rings. The molecule has 156 valence electrons. The number of nitrogens with zero attached hydrogens (tertiary/aromatic N) is 2. The number of piperidine rings is 1. The first-order valence-electron chi connectivity index (χ1n) is 9.90. The van der Waals surface area contributed by atoms with Crippen molar-refractivity contribution in [2.24, 2.45) is 5.92 Å². The SMILES string of the molecule is CCOC(=O)C1CCN(C(=O)[C@@H](CCSC)N2C(=O)c3ccccc3C2=O)CC1. The zero-order valence-electron chi connectivity index (χ0n) is 16.8. The third-order valence-electron chi connectivity index (χ3n) is 5.44. The highest BCUT2D eigenvalue weighted by Gasteiger charge is 2.44. The van der Waals surface area contributed by atoms with Gasteiger partial charge in [0.1, 0.15) is 6.04 Å². The van der Waals surface area contributed by atoms with Gasteiger partial charge in [0.05, 0.1) is 23.7 Å². The molecule has 1 aromatic carbocycles. The summed E-state index contributed by atoms with van der Waals surface area (Å²) in [7, 11) is 0. The molecule has 0 saturated carbocycles. The van der Waals surface area contributed by atoms with Gasteiger partial charge in [-0.25, -0.2) is 0 Å². The molecule has 29 heavy (non-hydrogen) atoms. The zero-order chi connectivity index (χ0) is 21.0. The smallest absolute Gasteiger partial charge is 0.309 e. The first-order chi connectivity index (χ1) is 14.0. The topological polar surface area (TPSA) is 84.0 Å². The van der Waals surface area contributed by atoms with Gasteiger partial charge in [-0.1, -0.05) is 12.1 Å². The van der Waals surface area contributed by atoms with Crippen LogP contribution in [0, 0.1) is 5.92 Å². The van der Waals surface area contributed by atoms with Crippen molar-refractivity contribution < 1.29 is 23.9 Å². The van der Waals surface area contributed by atoms with E-state index >= 15 is 0 Å². The Hall–Kier alpha value is -2.35. The van der Waals surface area contributed by atoms with Gasteiger partial charge in [-0.3, -0.25) is 24.1 Å². The molecule has 3 rings (SSSR count). The Bertz CT molecular complexity index is 769. The van der Waals surface area contributed by atoms with Crippen molar-refractivity contribution in [1.82, 2.24) is 9.80 Å². The first kappa shape index (κ1) is 21.4. The first-order valence-corrected chi connectivity index (χ1v) is 11.3. The summed E-state index contributed by atoms with van der Waals surface area (Å²) in [5.41, 5.74) is 0.695. The van der Waals surface area contributed by atoms with E-state index in [1.54, 1.807) is 47.9 Å². The van der Waals surface area contributed by atoms with E-state index in [0.717, 1.165) is 4.90 Å². The van der Waals surface area contributed by atoms with Crippen molar-refractivity contribution in [3.63, 3.8) is 0 Å². The molecular formula is C21H26N2O5S. The molecule has 0 spiro atoms. The van der Waals surface area contributed by atoms with Crippen LogP contribution in [0.2, 0.25) is 0 Å². The van der Waals surface area contributed by atoms with Gasteiger partial charge < -0.3 is 9.64 Å². The third kappa shape index (κ3) is 4.32. The highest BCUT2D eigenvalue weighted by atomic mass is 32.2. The number of carbonyl (C=O) groups excluding carboxylic acids is 4. The Morgan fingerprint density at radius 3 is 2.24 bits per heavy atom. The number of benzene rings is 1. The number of hydrogen-bond acceptors (Lipinski definition) is 6. The van der Waals surface area contributed by atoms with Gasteiger partial charge in [0.2, 0.25) is 5.91 Å². The van der Waals surface area contributed by atoms with Crippen molar-refractivity contribution in [2.75, 3.05) is 31.7 Å². The summed E-state index contributed by atoms with van der Waals surface area (Å²) in [6.45, 7) is 2.95. The molecule has 1 aromatic rings. The number of rotatable bonds is 7. The van der Waals surface area contributed by atoms with Gasteiger partial charge in [-0.15, -0.1) is 0 Å². The Kier molecular flexibility index (Phi) is 6.95. The number of likely N-dealkylation sites (tertiary alicyclic amines) is 1. The fourth-order valence-corrected chi connectivity index (χ4v) is 4.35. The Morgan fingerprint density at radius 1 is 1.14 bits per heavy atom. The van der Waals surface area contributed by atoms with Crippen LogP contribution < -0.4 is 0 Å². The summed E-state index contributed by atoms with van der Waals surface area (Å²) in [5, 5.41) is 0. The number of carbonyl (C=O) groups is 4. The minimum atomic E-state index is -0.825. The summed E-state index contributed by atoms with van der Waals surface area (Å²) < 4.78 is 5.08.